The van der Waals surface area contributed by atoms with Crippen molar-refractivity contribution in [2.75, 3.05) is 5.32 Å². The van der Waals surface area contributed by atoms with Gasteiger partial charge >= 0.3 is 0 Å². The number of aromatic nitrogens is 3. The normalized spacial score (nSPS) is 9.85. The molecule has 0 aliphatic rings. The van der Waals surface area contributed by atoms with Crippen molar-refractivity contribution in [3.8, 4) is 0 Å². The highest BCUT2D eigenvalue weighted by molar-refractivity contribution is 6.02. The molecule has 2 heterocycles. The molecule has 0 bridgehead atoms. The number of carbonyl (C=O) groups excluding carboxylic acids is 1. The van der Waals surface area contributed by atoms with E-state index in [0.29, 0.717) is 5.69 Å². The quantitative estimate of drug-likeness (QED) is 0.707. The monoisotopic (exact) mass is 178 g/mol. The van der Waals surface area contributed by atoms with Gasteiger partial charge in [0.2, 0.25) is 0 Å². The van der Waals surface area contributed by atoms with Crippen LogP contribution >= 0.6 is 0 Å². The van der Waals surface area contributed by atoms with E-state index < -0.39 is 0 Å². The van der Waals surface area contributed by atoms with E-state index in [-0.39, 0.29) is 11.6 Å². The lowest BCUT2D eigenvalue weighted by molar-refractivity contribution is 0.102. The predicted octanol–water partition coefficient (Wildman–Crippen LogP) is 0.650. The zero-order valence-electron chi connectivity index (χ0n) is 6.52. The van der Waals surface area contributed by atoms with Crippen LogP contribution in [0.25, 0.3) is 0 Å². The van der Waals surface area contributed by atoms with Gasteiger partial charge in [0.15, 0.2) is 12.1 Å². The highest BCUT2D eigenvalue weighted by atomic mass is 16.3. The Bertz CT molecular complexity index is 379. The molecule has 0 spiro atoms. The standard InChI is InChI=1S/C7H6N4O2/c12-7(6-3-13-4-8-6)11-5-1-9-10-2-5/h1-4H,(H,9,10)(H,11,12). The Labute approximate surface area is 73.0 Å². The Morgan fingerprint density at radius 2 is 2.54 bits per heavy atom. The summed E-state index contributed by atoms with van der Waals surface area (Å²) in [6.07, 6.45) is 5.54. The van der Waals surface area contributed by atoms with E-state index in [1.165, 1.54) is 18.9 Å². The molecule has 0 unspecified atom stereocenters. The van der Waals surface area contributed by atoms with Crippen LogP contribution in [0.2, 0.25) is 0 Å². The SMILES string of the molecule is O=C(Nc1cn[nH]c1)c1cocn1. The minimum atomic E-state index is -0.324. The third kappa shape index (κ3) is 1.56. The molecule has 0 aliphatic heterocycles. The van der Waals surface area contributed by atoms with Crippen molar-refractivity contribution in [1.82, 2.24) is 15.2 Å². The van der Waals surface area contributed by atoms with Crippen LogP contribution < -0.4 is 5.32 Å². The van der Waals surface area contributed by atoms with Crippen molar-refractivity contribution in [3.63, 3.8) is 0 Å². The van der Waals surface area contributed by atoms with Crippen LogP contribution in [0.3, 0.4) is 0 Å². The molecule has 6 nitrogen and oxygen atoms in total. The molecule has 2 aromatic heterocycles. The number of nitrogens with zero attached hydrogens (tertiary/aromatic N) is 2. The maximum Gasteiger partial charge on any atom is 0.277 e. The van der Waals surface area contributed by atoms with Crippen molar-refractivity contribution in [3.05, 3.63) is 30.7 Å². The molecule has 13 heavy (non-hydrogen) atoms. The highest BCUT2D eigenvalue weighted by Gasteiger charge is 2.08. The summed E-state index contributed by atoms with van der Waals surface area (Å²) < 4.78 is 4.66. The molecule has 0 fully saturated rings. The molecule has 0 saturated heterocycles. The van der Waals surface area contributed by atoms with E-state index in [1.807, 2.05) is 0 Å². The molecular weight excluding hydrogens is 172 g/mol. The fraction of sp³-hybridized carbons (Fsp3) is 0. The second-order valence-corrected chi connectivity index (χ2v) is 2.31. The van der Waals surface area contributed by atoms with Gasteiger partial charge in [-0.15, -0.1) is 0 Å². The van der Waals surface area contributed by atoms with Crippen molar-refractivity contribution < 1.29 is 9.21 Å². The number of oxazole rings is 1. The molecule has 0 radical (unpaired) electrons. The van der Waals surface area contributed by atoms with Gasteiger partial charge < -0.3 is 9.73 Å². The highest BCUT2D eigenvalue weighted by Crippen LogP contribution is 2.04. The summed E-state index contributed by atoms with van der Waals surface area (Å²) in [5.41, 5.74) is 0.828. The van der Waals surface area contributed by atoms with Crippen LogP contribution in [0.15, 0.2) is 29.5 Å². The second-order valence-electron chi connectivity index (χ2n) is 2.31. The summed E-state index contributed by atoms with van der Waals surface area (Å²) in [7, 11) is 0. The Balaban J connectivity index is 2.08. The lowest BCUT2D eigenvalue weighted by atomic mass is 10.4. The Hall–Kier alpha value is -2.11. The number of anilines is 1. The number of amides is 1. The molecule has 66 valence electrons. The van der Waals surface area contributed by atoms with Crippen LogP contribution in [0.1, 0.15) is 10.5 Å². The summed E-state index contributed by atoms with van der Waals surface area (Å²) in [5, 5.41) is 8.81. The largest absolute Gasteiger partial charge is 0.451 e. The van der Waals surface area contributed by atoms with Crippen LogP contribution in [0.4, 0.5) is 5.69 Å². The van der Waals surface area contributed by atoms with Gasteiger partial charge in [0, 0.05) is 6.20 Å². The van der Waals surface area contributed by atoms with Crippen LogP contribution in [0, 0.1) is 0 Å². The summed E-state index contributed by atoms with van der Waals surface area (Å²) in [5.74, 6) is -0.324. The van der Waals surface area contributed by atoms with Crippen molar-refractivity contribution in [2.45, 2.75) is 0 Å². The van der Waals surface area contributed by atoms with Crippen LogP contribution in [-0.2, 0) is 0 Å². The van der Waals surface area contributed by atoms with Crippen LogP contribution in [0.5, 0.6) is 0 Å². The zero-order chi connectivity index (χ0) is 9.10. The summed E-state index contributed by atoms with van der Waals surface area (Å²) >= 11 is 0. The van der Waals surface area contributed by atoms with Gasteiger partial charge in [-0.25, -0.2) is 4.98 Å². The molecule has 2 rings (SSSR count). The molecule has 0 saturated carbocycles. The van der Waals surface area contributed by atoms with E-state index in [4.69, 9.17) is 0 Å². The average Bonchev–Trinajstić information content (AvgIpc) is 2.74. The smallest absolute Gasteiger partial charge is 0.277 e. The summed E-state index contributed by atoms with van der Waals surface area (Å²) in [6, 6.07) is 0. The molecule has 6 heteroatoms. The van der Waals surface area contributed by atoms with Gasteiger partial charge in [-0.3, -0.25) is 9.89 Å². The number of nitrogens with one attached hydrogen (secondary N) is 2. The van der Waals surface area contributed by atoms with E-state index in [0.717, 1.165) is 0 Å². The van der Waals surface area contributed by atoms with E-state index >= 15 is 0 Å². The molecular formula is C7H6N4O2. The van der Waals surface area contributed by atoms with Gasteiger partial charge in [-0.05, 0) is 0 Å². The maximum absolute atomic E-state index is 11.3. The molecule has 0 atom stereocenters. The number of carbonyl (C=O) groups is 1. The van der Waals surface area contributed by atoms with Gasteiger partial charge in [-0.2, -0.15) is 5.10 Å². The lowest BCUT2D eigenvalue weighted by Crippen LogP contribution is -2.11. The van der Waals surface area contributed by atoms with E-state index in [1.54, 1.807) is 6.20 Å². The number of hydrogen-bond donors (Lipinski definition) is 2. The first-order valence-electron chi connectivity index (χ1n) is 3.54. The lowest BCUT2D eigenvalue weighted by Gasteiger charge is -1.95. The molecule has 0 aliphatic carbocycles. The van der Waals surface area contributed by atoms with Crippen molar-refractivity contribution in [2.24, 2.45) is 0 Å². The topological polar surface area (TPSA) is 83.8 Å². The molecule has 1 amide bonds. The Kier molecular flexibility index (Phi) is 1.79. The maximum atomic E-state index is 11.3. The van der Waals surface area contributed by atoms with Gasteiger partial charge in [0.25, 0.3) is 5.91 Å². The minimum Gasteiger partial charge on any atom is -0.451 e. The number of rotatable bonds is 2. The molecule has 2 N–H and O–H groups in total. The summed E-state index contributed by atoms with van der Waals surface area (Å²) in [4.78, 5) is 15.0. The fourth-order valence-electron chi connectivity index (χ4n) is 0.839. The Morgan fingerprint density at radius 1 is 1.62 bits per heavy atom. The summed E-state index contributed by atoms with van der Waals surface area (Å²) in [6.45, 7) is 0. The van der Waals surface area contributed by atoms with Gasteiger partial charge in [0.1, 0.15) is 6.26 Å². The average molecular weight is 178 g/mol. The van der Waals surface area contributed by atoms with E-state index in [9.17, 15) is 4.79 Å². The Morgan fingerprint density at radius 3 is 3.15 bits per heavy atom. The third-order valence-corrected chi connectivity index (χ3v) is 1.42. The van der Waals surface area contributed by atoms with Crippen LogP contribution in [-0.4, -0.2) is 21.1 Å². The third-order valence-electron chi connectivity index (χ3n) is 1.42. The van der Waals surface area contributed by atoms with E-state index in [2.05, 4.69) is 24.9 Å². The first-order chi connectivity index (χ1) is 6.36. The van der Waals surface area contributed by atoms with Crippen molar-refractivity contribution >= 4 is 11.6 Å². The number of hydrogen-bond acceptors (Lipinski definition) is 4. The molecule has 2 aromatic rings. The first kappa shape index (κ1) is 7.53. The second kappa shape index (κ2) is 3.10. The number of H-pyrrole nitrogens is 1. The minimum absolute atomic E-state index is 0.237. The molecule has 0 aromatic carbocycles. The van der Waals surface area contributed by atoms with Gasteiger partial charge in [-0.1, -0.05) is 0 Å². The first-order valence-corrected chi connectivity index (χ1v) is 3.54. The van der Waals surface area contributed by atoms with Crippen molar-refractivity contribution in [1.29, 1.82) is 0 Å². The van der Waals surface area contributed by atoms with Gasteiger partial charge in [0.05, 0.1) is 11.9 Å². The zero-order valence-corrected chi connectivity index (χ0v) is 6.52. The fourth-order valence-corrected chi connectivity index (χ4v) is 0.839. The number of aromatic amines is 1. The predicted molar refractivity (Wildman–Crippen MR) is 43.0 cm³/mol.